The van der Waals surface area contributed by atoms with E-state index in [1.807, 2.05) is 43.3 Å². The minimum absolute atomic E-state index is 0.222. The van der Waals surface area contributed by atoms with Gasteiger partial charge in [0.05, 0.1) is 4.90 Å². The average molecular weight is 355 g/mol. The lowest BCUT2D eigenvalue weighted by Crippen LogP contribution is -2.29. The summed E-state index contributed by atoms with van der Waals surface area (Å²) in [5.41, 5.74) is 8.53. The summed E-state index contributed by atoms with van der Waals surface area (Å²) in [5, 5.41) is 5.18. The maximum atomic E-state index is 12.2. The Kier molecular flexibility index (Phi) is 5.03. The summed E-state index contributed by atoms with van der Waals surface area (Å²) in [6.45, 7) is 2.54. The van der Waals surface area contributed by atoms with E-state index in [0.29, 0.717) is 0 Å². The molecule has 4 N–H and O–H groups in total. The zero-order valence-electron chi connectivity index (χ0n) is 14.0. The second-order valence-corrected chi connectivity index (χ2v) is 7.67. The number of anilines is 2. The molecular weight excluding hydrogens is 334 g/mol. The smallest absolute Gasteiger partial charge is 0.240 e. The Bertz CT molecular complexity index is 983. The van der Waals surface area contributed by atoms with E-state index in [1.165, 1.54) is 5.56 Å². The Morgan fingerprint density at radius 3 is 2.24 bits per heavy atom. The molecule has 0 fully saturated rings. The topological polar surface area (TPSA) is 84.2 Å². The predicted molar refractivity (Wildman–Crippen MR) is 103 cm³/mol. The lowest BCUT2D eigenvalue weighted by Gasteiger charge is -2.10. The Morgan fingerprint density at radius 1 is 0.880 bits per heavy atom. The first kappa shape index (κ1) is 17.4. The molecule has 0 amide bonds. The standard InChI is InChI=1S/C19H21N3O2S/c1-14-2-6-17(7-3-14)22-18-8-4-16-13-19(9-5-15(16)12-18)25(23,24)21-11-10-20/h2-9,12-13,21-22H,10-11,20H2,1H3. The second-order valence-electron chi connectivity index (χ2n) is 5.90. The van der Waals surface area contributed by atoms with Crippen LogP contribution < -0.4 is 15.8 Å². The van der Waals surface area contributed by atoms with Crippen LogP contribution in [0.3, 0.4) is 0 Å². The normalized spacial score (nSPS) is 11.6. The molecule has 0 atom stereocenters. The van der Waals surface area contributed by atoms with E-state index >= 15 is 0 Å². The number of hydrogen-bond acceptors (Lipinski definition) is 4. The first-order valence-electron chi connectivity index (χ1n) is 8.05. The lowest BCUT2D eigenvalue weighted by molar-refractivity contribution is 0.582. The van der Waals surface area contributed by atoms with Crippen molar-refractivity contribution in [2.75, 3.05) is 18.4 Å². The van der Waals surface area contributed by atoms with Gasteiger partial charge in [0, 0.05) is 24.5 Å². The third-order valence-corrected chi connectivity index (χ3v) is 5.36. The van der Waals surface area contributed by atoms with Crippen molar-refractivity contribution in [3.63, 3.8) is 0 Å². The van der Waals surface area contributed by atoms with Gasteiger partial charge in [-0.05, 0) is 54.1 Å². The van der Waals surface area contributed by atoms with Crippen molar-refractivity contribution >= 4 is 32.2 Å². The largest absolute Gasteiger partial charge is 0.356 e. The number of hydrogen-bond donors (Lipinski definition) is 3. The van der Waals surface area contributed by atoms with Crippen molar-refractivity contribution in [3.8, 4) is 0 Å². The monoisotopic (exact) mass is 355 g/mol. The summed E-state index contributed by atoms with van der Waals surface area (Å²) in [4.78, 5) is 0.243. The number of rotatable bonds is 6. The molecule has 0 aliphatic heterocycles. The van der Waals surface area contributed by atoms with Crippen LogP contribution in [0.15, 0.2) is 65.6 Å². The van der Waals surface area contributed by atoms with Gasteiger partial charge in [0.2, 0.25) is 10.0 Å². The van der Waals surface area contributed by atoms with Gasteiger partial charge in [-0.15, -0.1) is 0 Å². The molecule has 0 bridgehead atoms. The van der Waals surface area contributed by atoms with Gasteiger partial charge in [0.25, 0.3) is 0 Å². The number of benzene rings is 3. The fraction of sp³-hybridized carbons (Fsp3) is 0.158. The van der Waals surface area contributed by atoms with Crippen LogP contribution in [0, 0.1) is 6.92 Å². The highest BCUT2D eigenvalue weighted by molar-refractivity contribution is 7.89. The number of nitrogens with one attached hydrogen (secondary N) is 2. The first-order chi connectivity index (χ1) is 12.0. The summed E-state index contributed by atoms with van der Waals surface area (Å²) in [7, 11) is -3.52. The molecule has 25 heavy (non-hydrogen) atoms. The summed E-state index contributed by atoms with van der Waals surface area (Å²) < 4.78 is 26.9. The minimum Gasteiger partial charge on any atom is -0.356 e. The predicted octanol–water partition coefficient (Wildman–Crippen LogP) is 3.13. The Balaban J connectivity index is 1.87. The van der Waals surface area contributed by atoms with E-state index in [-0.39, 0.29) is 18.0 Å². The highest BCUT2D eigenvalue weighted by atomic mass is 32.2. The van der Waals surface area contributed by atoms with Crippen LogP contribution in [0.1, 0.15) is 5.56 Å². The van der Waals surface area contributed by atoms with Crippen LogP contribution in [0.2, 0.25) is 0 Å². The molecule has 130 valence electrons. The maximum Gasteiger partial charge on any atom is 0.240 e. The molecule has 0 saturated carbocycles. The molecule has 0 heterocycles. The van der Waals surface area contributed by atoms with E-state index in [0.717, 1.165) is 22.1 Å². The highest BCUT2D eigenvalue weighted by Crippen LogP contribution is 2.25. The summed E-state index contributed by atoms with van der Waals surface area (Å²) in [6, 6.07) is 19.1. The average Bonchev–Trinajstić information content (AvgIpc) is 2.61. The van der Waals surface area contributed by atoms with Crippen molar-refractivity contribution in [3.05, 3.63) is 66.2 Å². The molecule has 0 radical (unpaired) electrons. The zero-order chi connectivity index (χ0) is 17.9. The fourth-order valence-corrected chi connectivity index (χ4v) is 3.63. The van der Waals surface area contributed by atoms with Gasteiger partial charge >= 0.3 is 0 Å². The van der Waals surface area contributed by atoms with Gasteiger partial charge in [-0.1, -0.05) is 29.8 Å². The summed E-state index contributed by atoms with van der Waals surface area (Å²) in [5.74, 6) is 0. The van der Waals surface area contributed by atoms with Crippen LogP contribution in [-0.2, 0) is 10.0 Å². The van der Waals surface area contributed by atoms with Crippen LogP contribution in [0.25, 0.3) is 10.8 Å². The fourth-order valence-electron chi connectivity index (χ4n) is 2.55. The third-order valence-electron chi connectivity index (χ3n) is 3.90. The number of nitrogens with two attached hydrogens (primary N) is 1. The number of fused-ring (bicyclic) bond motifs is 1. The molecule has 0 saturated heterocycles. The summed E-state index contributed by atoms with van der Waals surface area (Å²) in [6.07, 6.45) is 0. The SMILES string of the molecule is Cc1ccc(Nc2ccc3cc(S(=O)(=O)NCCN)ccc3c2)cc1. The van der Waals surface area contributed by atoms with Crippen LogP contribution >= 0.6 is 0 Å². The van der Waals surface area contributed by atoms with Crippen molar-refractivity contribution in [1.29, 1.82) is 0 Å². The van der Waals surface area contributed by atoms with E-state index < -0.39 is 10.0 Å². The van der Waals surface area contributed by atoms with Crippen molar-refractivity contribution in [1.82, 2.24) is 4.72 Å². The number of sulfonamides is 1. The van der Waals surface area contributed by atoms with E-state index in [4.69, 9.17) is 5.73 Å². The Morgan fingerprint density at radius 2 is 1.52 bits per heavy atom. The van der Waals surface area contributed by atoms with Gasteiger partial charge in [0.15, 0.2) is 0 Å². The molecule has 0 aliphatic carbocycles. The number of aryl methyl sites for hydroxylation is 1. The van der Waals surface area contributed by atoms with Gasteiger partial charge < -0.3 is 11.1 Å². The van der Waals surface area contributed by atoms with Crippen molar-refractivity contribution < 1.29 is 8.42 Å². The Labute approximate surface area is 147 Å². The third kappa shape index (κ3) is 4.17. The zero-order valence-corrected chi connectivity index (χ0v) is 14.8. The van der Waals surface area contributed by atoms with Crippen molar-refractivity contribution in [2.24, 2.45) is 5.73 Å². The van der Waals surface area contributed by atoms with Gasteiger partial charge in [0.1, 0.15) is 0 Å². The quantitative estimate of drug-likeness (QED) is 0.634. The van der Waals surface area contributed by atoms with Crippen LogP contribution in [-0.4, -0.2) is 21.5 Å². The molecule has 5 nitrogen and oxygen atoms in total. The van der Waals surface area contributed by atoms with Gasteiger partial charge in [-0.2, -0.15) is 0 Å². The maximum absolute atomic E-state index is 12.2. The molecule has 0 spiro atoms. The summed E-state index contributed by atoms with van der Waals surface area (Å²) >= 11 is 0. The minimum atomic E-state index is -3.52. The second kappa shape index (κ2) is 7.23. The molecule has 3 aromatic rings. The molecule has 6 heteroatoms. The molecule has 3 aromatic carbocycles. The van der Waals surface area contributed by atoms with E-state index in [2.05, 4.69) is 22.2 Å². The van der Waals surface area contributed by atoms with E-state index in [9.17, 15) is 8.42 Å². The molecule has 0 aliphatic rings. The van der Waals surface area contributed by atoms with Crippen LogP contribution in [0.4, 0.5) is 11.4 Å². The van der Waals surface area contributed by atoms with Gasteiger partial charge in [-0.3, -0.25) is 0 Å². The molecular formula is C19H21N3O2S. The molecule has 0 aromatic heterocycles. The van der Waals surface area contributed by atoms with E-state index in [1.54, 1.807) is 12.1 Å². The highest BCUT2D eigenvalue weighted by Gasteiger charge is 2.13. The molecule has 0 unspecified atom stereocenters. The van der Waals surface area contributed by atoms with Crippen LogP contribution in [0.5, 0.6) is 0 Å². The van der Waals surface area contributed by atoms with Crippen molar-refractivity contribution in [2.45, 2.75) is 11.8 Å². The lowest BCUT2D eigenvalue weighted by atomic mass is 10.1. The molecule has 3 rings (SSSR count). The Hall–Kier alpha value is -2.41. The first-order valence-corrected chi connectivity index (χ1v) is 9.53. The van der Waals surface area contributed by atoms with Gasteiger partial charge in [-0.25, -0.2) is 13.1 Å².